The quantitative estimate of drug-likeness (QED) is 0.928. The molecule has 0 unspecified atom stereocenters. The van der Waals surface area contributed by atoms with E-state index in [1.165, 1.54) is 0 Å². The Morgan fingerprint density at radius 3 is 2.33 bits per heavy atom. The van der Waals surface area contributed by atoms with Gasteiger partial charge in [-0.3, -0.25) is 4.79 Å². The number of amides is 1. The van der Waals surface area contributed by atoms with Gasteiger partial charge >= 0.3 is 12.1 Å². The summed E-state index contributed by atoms with van der Waals surface area (Å²) in [6.07, 6.45) is -2.67. The summed E-state index contributed by atoms with van der Waals surface area (Å²) in [5.74, 6) is -1.60. The number of benzene rings is 1. The van der Waals surface area contributed by atoms with E-state index >= 15 is 0 Å². The van der Waals surface area contributed by atoms with Crippen LogP contribution in [0.3, 0.4) is 0 Å². The zero-order chi connectivity index (χ0) is 17.5. The van der Waals surface area contributed by atoms with Crippen molar-refractivity contribution in [2.24, 2.45) is 0 Å². The summed E-state index contributed by atoms with van der Waals surface area (Å²) in [5, 5.41) is 6.30. The predicted molar refractivity (Wildman–Crippen MR) is 78.9 cm³/mol. The zero-order valence-electron chi connectivity index (χ0n) is 13.1. The number of nitrogens with zero attached hydrogens (tertiary/aromatic N) is 2. The Morgan fingerprint density at radius 2 is 1.83 bits per heavy atom. The zero-order valence-corrected chi connectivity index (χ0v) is 13.1. The molecule has 0 bridgehead atoms. The van der Waals surface area contributed by atoms with E-state index in [1.54, 1.807) is 38.1 Å². The van der Waals surface area contributed by atoms with E-state index in [0.29, 0.717) is 5.56 Å². The number of halogens is 3. The fraction of sp³-hybridized carbons (Fsp3) is 0.438. The van der Waals surface area contributed by atoms with Crippen molar-refractivity contribution < 1.29 is 22.5 Å². The normalized spacial score (nSPS) is 15.4. The molecule has 0 saturated heterocycles. The highest BCUT2D eigenvalue weighted by atomic mass is 19.4. The first-order chi connectivity index (χ1) is 11.2. The fourth-order valence-corrected chi connectivity index (χ4v) is 2.22. The first-order valence-corrected chi connectivity index (χ1v) is 7.51. The van der Waals surface area contributed by atoms with Gasteiger partial charge in [0, 0.05) is 11.6 Å². The molecule has 1 N–H and O–H groups in total. The Balaban J connectivity index is 1.79. The average Bonchev–Trinajstić information content (AvgIpc) is 3.17. The van der Waals surface area contributed by atoms with Gasteiger partial charge < -0.3 is 9.84 Å². The predicted octanol–water partition coefficient (Wildman–Crippen LogP) is 3.31. The van der Waals surface area contributed by atoms with Crippen molar-refractivity contribution >= 4 is 5.91 Å². The molecule has 1 aliphatic carbocycles. The third-order valence-corrected chi connectivity index (χ3v) is 4.01. The summed E-state index contributed by atoms with van der Waals surface area (Å²) in [7, 11) is 0. The first-order valence-electron chi connectivity index (χ1n) is 7.51. The molecule has 3 rings (SSSR count). The number of aromatic nitrogens is 2. The molecule has 128 valence electrons. The molecule has 2 aromatic rings. The van der Waals surface area contributed by atoms with Crippen LogP contribution in [0.25, 0.3) is 11.4 Å². The molecule has 1 aromatic carbocycles. The molecule has 24 heavy (non-hydrogen) atoms. The lowest BCUT2D eigenvalue weighted by molar-refractivity contribution is -0.159. The molecule has 8 heteroatoms. The van der Waals surface area contributed by atoms with Crippen LogP contribution in [0.1, 0.15) is 38.1 Å². The molecule has 1 heterocycles. The molecule has 0 radical (unpaired) electrons. The van der Waals surface area contributed by atoms with E-state index in [4.69, 9.17) is 0 Å². The van der Waals surface area contributed by atoms with Gasteiger partial charge in [-0.25, -0.2) is 0 Å². The van der Waals surface area contributed by atoms with Crippen molar-refractivity contribution in [3.05, 3.63) is 35.7 Å². The number of nitrogens with one attached hydrogen (secondary N) is 1. The maximum Gasteiger partial charge on any atom is 0.471 e. The van der Waals surface area contributed by atoms with E-state index in [0.717, 1.165) is 18.4 Å². The number of carbonyl (C=O) groups excluding carboxylic acids is 1. The second-order valence-electron chi connectivity index (χ2n) is 6.37. The molecule has 0 spiro atoms. The highest BCUT2D eigenvalue weighted by molar-refractivity contribution is 5.87. The molecule has 0 atom stereocenters. The van der Waals surface area contributed by atoms with Crippen molar-refractivity contribution in [1.82, 2.24) is 15.5 Å². The van der Waals surface area contributed by atoms with Crippen LogP contribution in [-0.4, -0.2) is 22.1 Å². The molecule has 1 amide bonds. The van der Waals surface area contributed by atoms with Crippen LogP contribution in [0.5, 0.6) is 0 Å². The van der Waals surface area contributed by atoms with Gasteiger partial charge in [-0.1, -0.05) is 29.4 Å². The van der Waals surface area contributed by atoms with Crippen molar-refractivity contribution in [3.8, 4) is 11.4 Å². The van der Waals surface area contributed by atoms with Crippen LogP contribution < -0.4 is 5.32 Å². The second kappa shape index (κ2) is 5.61. The van der Waals surface area contributed by atoms with Crippen molar-refractivity contribution in [1.29, 1.82) is 0 Å². The summed E-state index contributed by atoms with van der Waals surface area (Å²) in [4.78, 5) is 15.7. The lowest BCUT2D eigenvalue weighted by atomic mass is 9.83. The first kappa shape index (κ1) is 16.5. The molecular weight excluding hydrogens is 323 g/mol. The van der Waals surface area contributed by atoms with Gasteiger partial charge in [-0.05, 0) is 32.3 Å². The number of carbonyl (C=O) groups is 1. The summed E-state index contributed by atoms with van der Waals surface area (Å²) < 4.78 is 41.7. The Morgan fingerprint density at radius 1 is 1.21 bits per heavy atom. The van der Waals surface area contributed by atoms with Gasteiger partial charge in [0.25, 0.3) is 0 Å². The summed E-state index contributed by atoms with van der Waals surface area (Å²) in [6, 6.07) is 6.78. The minimum Gasteiger partial charge on any atom is -0.353 e. The highest BCUT2D eigenvalue weighted by Crippen LogP contribution is 2.31. The third kappa shape index (κ3) is 3.27. The lowest BCUT2D eigenvalue weighted by Gasteiger charge is -2.24. The monoisotopic (exact) mass is 339 g/mol. The number of rotatable bonds is 4. The van der Waals surface area contributed by atoms with E-state index < -0.39 is 17.5 Å². The van der Waals surface area contributed by atoms with Gasteiger partial charge in [0.1, 0.15) is 0 Å². The average molecular weight is 339 g/mol. The number of alkyl halides is 3. The number of hydrogen-bond donors (Lipinski definition) is 1. The van der Waals surface area contributed by atoms with E-state index in [-0.39, 0.29) is 17.8 Å². The maximum absolute atomic E-state index is 12.5. The smallest absolute Gasteiger partial charge is 0.353 e. The van der Waals surface area contributed by atoms with Crippen molar-refractivity contribution in [2.75, 3.05) is 0 Å². The molecule has 1 saturated carbocycles. The van der Waals surface area contributed by atoms with E-state index in [9.17, 15) is 18.0 Å². The van der Waals surface area contributed by atoms with Crippen molar-refractivity contribution in [2.45, 2.75) is 44.3 Å². The summed E-state index contributed by atoms with van der Waals surface area (Å²) >= 11 is 0. The molecule has 0 aliphatic heterocycles. The number of hydrogen-bond acceptors (Lipinski definition) is 4. The van der Waals surface area contributed by atoms with Crippen LogP contribution >= 0.6 is 0 Å². The highest BCUT2D eigenvalue weighted by Gasteiger charge is 2.38. The van der Waals surface area contributed by atoms with Crippen molar-refractivity contribution in [3.63, 3.8) is 0 Å². The molecular formula is C16H16F3N3O2. The maximum atomic E-state index is 12.5. The minimum absolute atomic E-state index is 0.0725. The third-order valence-electron chi connectivity index (χ3n) is 4.01. The van der Waals surface area contributed by atoms with Gasteiger partial charge in [-0.2, -0.15) is 18.2 Å². The second-order valence-corrected chi connectivity index (χ2v) is 6.37. The summed E-state index contributed by atoms with van der Waals surface area (Å²) in [6.45, 7) is 3.60. The van der Waals surface area contributed by atoms with Crippen LogP contribution in [-0.2, 0) is 16.4 Å². The standard InChI is InChI=1S/C16H16F3N3O2/c1-15(2,13(23)20-11-7-8-11)10-5-3-9(4-6-10)12-21-14(24-22-12)16(17,18)19/h3-6,11H,7-8H2,1-2H3,(H,20,23). The van der Waals surface area contributed by atoms with Crippen LogP contribution in [0.15, 0.2) is 28.8 Å². The largest absolute Gasteiger partial charge is 0.471 e. The van der Waals surface area contributed by atoms with Crippen LogP contribution in [0, 0.1) is 0 Å². The summed E-state index contributed by atoms with van der Waals surface area (Å²) in [5.41, 5.74) is 0.399. The Kier molecular flexibility index (Phi) is 3.85. The Hall–Kier alpha value is -2.38. The van der Waals surface area contributed by atoms with Gasteiger partial charge in [0.15, 0.2) is 0 Å². The van der Waals surface area contributed by atoms with E-state index in [2.05, 4.69) is 20.0 Å². The topological polar surface area (TPSA) is 68.0 Å². The minimum atomic E-state index is -4.67. The van der Waals surface area contributed by atoms with Gasteiger partial charge in [0.05, 0.1) is 5.41 Å². The lowest BCUT2D eigenvalue weighted by Crippen LogP contribution is -2.41. The van der Waals surface area contributed by atoms with Gasteiger partial charge in [0.2, 0.25) is 11.7 Å². The Bertz CT molecular complexity index is 747. The molecule has 5 nitrogen and oxygen atoms in total. The van der Waals surface area contributed by atoms with Gasteiger partial charge in [-0.15, -0.1) is 0 Å². The fourth-order valence-electron chi connectivity index (χ4n) is 2.22. The van der Waals surface area contributed by atoms with Crippen LogP contribution in [0.4, 0.5) is 13.2 Å². The Labute approximate surface area is 136 Å². The van der Waals surface area contributed by atoms with Crippen LogP contribution in [0.2, 0.25) is 0 Å². The molecule has 1 aliphatic rings. The molecule has 1 aromatic heterocycles. The molecule has 1 fully saturated rings. The van der Waals surface area contributed by atoms with E-state index in [1.807, 2.05) is 0 Å². The SMILES string of the molecule is CC(C)(C(=O)NC1CC1)c1ccc(-c2noc(C(F)(F)F)n2)cc1.